The van der Waals surface area contributed by atoms with E-state index in [-0.39, 0.29) is 5.82 Å². The third-order valence-electron chi connectivity index (χ3n) is 3.69. The Morgan fingerprint density at radius 3 is 2.45 bits per heavy atom. The average molecular weight is 550 g/mol. The van der Waals surface area contributed by atoms with Crippen molar-refractivity contribution < 1.29 is 56.1 Å². The van der Waals surface area contributed by atoms with Gasteiger partial charge in [-0.2, -0.15) is 9.29 Å². The molecule has 15 nitrogen and oxygen atoms in total. The fourth-order valence-electron chi connectivity index (χ4n) is 2.47. The van der Waals surface area contributed by atoms with Crippen LogP contribution >= 0.6 is 43.0 Å². The van der Waals surface area contributed by atoms with Crippen molar-refractivity contribution in [1.82, 2.24) is 9.55 Å². The second kappa shape index (κ2) is 9.54. The molecule has 178 valence electrons. The first-order valence-electron chi connectivity index (χ1n) is 7.75. The quantitative estimate of drug-likeness (QED) is 0.177. The number of hydrogen-bond acceptors (Lipinski definition) is 10. The fourth-order valence-corrected chi connectivity index (χ4v) is 6.80. The number of hydrogen-bond donors (Lipinski definition) is 6. The highest BCUT2D eigenvalue weighted by molar-refractivity contribution is 7.91. The predicted octanol–water partition coefficient (Wildman–Crippen LogP) is 0.0865. The van der Waals surface area contributed by atoms with Gasteiger partial charge in [-0.3, -0.25) is 9.09 Å². The number of halogens is 2. The van der Waals surface area contributed by atoms with E-state index in [4.69, 9.17) is 31.9 Å². The van der Waals surface area contributed by atoms with Gasteiger partial charge < -0.3 is 35.2 Å². The lowest BCUT2D eigenvalue weighted by molar-refractivity contribution is -0.0466. The summed E-state index contributed by atoms with van der Waals surface area (Å²) in [6, 6.07) is 1.17. The number of aliphatic hydroxyl groups excluding tert-OH is 1. The largest absolute Gasteiger partial charge is 0.488 e. The van der Waals surface area contributed by atoms with E-state index in [0.29, 0.717) is 0 Å². The van der Waals surface area contributed by atoms with Crippen molar-refractivity contribution in [2.75, 3.05) is 19.0 Å². The van der Waals surface area contributed by atoms with Gasteiger partial charge in [-0.05, 0) is 14.6 Å². The van der Waals surface area contributed by atoms with Gasteiger partial charge in [0.15, 0.2) is 6.23 Å². The minimum absolute atomic E-state index is 0.158. The smallest absolute Gasteiger partial charge is 0.388 e. The molecule has 1 aromatic rings. The van der Waals surface area contributed by atoms with E-state index in [1.54, 1.807) is 0 Å². The zero-order valence-electron chi connectivity index (χ0n) is 15.0. The van der Waals surface area contributed by atoms with E-state index in [1.165, 1.54) is 6.07 Å². The number of aliphatic hydroxyl groups is 1. The number of nitrogens with two attached hydrogens (primary N) is 1. The molecule has 2 heterocycles. The molecule has 0 spiro atoms. The van der Waals surface area contributed by atoms with E-state index in [9.17, 15) is 33.2 Å². The molecule has 2 rings (SSSR count). The SMILES string of the molecule is Nc1ccn([C@@H]2O[C@H](COP(=O)(O)OP(=O)(O)OP(O)(O)=P)[C@H](O)C2(Cl)CF)c(=O)n1. The summed E-state index contributed by atoms with van der Waals surface area (Å²) >= 11 is 6.09. The maximum absolute atomic E-state index is 13.7. The number of anilines is 1. The van der Waals surface area contributed by atoms with Crippen LogP contribution in [0.25, 0.3) is 0 Å². The van der Waals surface area contributed by atoms with Crippen molar-refractivity contribution in [3.63, 3.8) is 0 Å². The third-order valence-corrected chi connectivity index (χ3v) is 8.80. The van der Waals surface area contributed by atoms with E-state index >= 15 is 0 Å². The fraction of sp³-hybridized carbons (Fsp3) is 0.600. The Bertz CT molecular complexity index is 1020. The number of aromatic nitrogens is 2. The molecule has 31 heavy (non-hydrogen) atoms. The topological polar surface area (TPSA) is 233 Å². The van der Waals surface area contributed by atoms with Crippen LogP contribution in [-0.4, -0.2) is 64.6 Å². The van der Waals surface area contributed by atoms with Crippen LogP contribution in [-0.2, 0) is 27.0 Å². The average Bonchev–Trinajstić information content (AvgIpc) is 2.82. The first kappa shape index (κ1) is 27.0. The number of nitrogens with zero attached hydrogens (tertiary/aromatic N) is 2. The molecule has 0 amide bonds. The Morgan fingerprint density at radius 1 is 1.32 bits per heavy atom. The molecule has 1 aromatic heterocycles. The van der Waals surface area contributed by atoms with Crippen LogP contribution in [0.2, 0.25) is 0 Å². The third kappa shape index (κ3) is 6.86. The normalized spacial score (nSPS) is 30.6. The monoisotopic (exact) mass is 549 g/mol. The Morgan fingerprint density at radius 2 is 1.94 bits per heavy atom. The number of alkyl halides is 2. The predicted molar refractivity (Wildman–Crippen MR) is 105 cm³/mol. The lowest BCUT2D eigenvalue weighted by atomic mass is 10.00. The number of rotatable bonds is 9. The lowest BCUT2D eigenvalue weighted by Crippen LogP contribution is -2.46. The zero-order chi connectivity index (χ0) is 23.8. The van der Waals surface area contributed by atoms with Gasteiger partial charge in [-0.1, -0.05) is 0 Å². The Labute approximate surface area is 180 Å². The molecule has 1 saturated heterocycles. The summed E-state index contributed by atoms with van der Waals surface area (Å²) in [4.78, 5) is 49.9. The van der Waals surface area contributed by atoms with Gasteiger partial charge in [0.1, 0.15) is 29.6 Å². The van der Waals surface area contributed by atoms with Crippen molar-refractivity contribution in [3.8, 4) is 0 Å². The summed E-state index contributed by atoms with van der Waals surface area (Å²) in [5.74, 6) is -0.158. The summed E-state index contributed by atoms with van der Waals surface area (Å²) < 4.78 is 55.2. The highest BCUT2D eigenvalue weighted by atomic mass is 35.5. The van der Waals surface area contributed by atoms with Crippen LogP contribution in [0.3, 0.4) is 0 Å². The molecule has 3 unspecified atom stereocenters. The highest BCUT2D eigenvalue weighted by Crippen LogP contribution is 2.67. The number of ether oxygens (including phenoxy) is 1. The second-order valence-electron chi connectivity index (χ2n) is 6.01. The van der Waals surface area contributed by atoms with Gasteiger partial charge in [0.05, 0.1) is 6.61 Å². The first-order valence-corrected chi connectivity index (χ1v) is 14.1. The molecule has 7 N–H and O–H groups in total. The lowest BCUT2D eigenvalue weighted by Gasteiger charge is -2.27. The molecule has 0 bridgehead atoms. The van der Waals surface area contributed by atoms with Crippen molar-refractivity contribution in [1.29, 1.82) is 0 Å². The number of nitrogen functional groups attached to an aromatic ring is 1. The van der Waals surface area contributed by atoms with Crippen LogP contribution in [0, 0.1) is 0 Å². The minimum atomic E-state index is -5.51. The summed E-state index contributed by atoms with van der Waals surface area (Å²) in [5.41, 5.74) is 4.37. The maximum atomic E-state index is 13.7. The van der Waals surface area contributed by atoms with Crippen molar-refractivity contribution in [2.45, 2.75) is 23.3 Å². The molecule has 21 heteroatoms. The molecule has 0 radical (unpaired) electrons. The molecule has 1 aliphatic heterocycles. The van der Waals surface area contributed by atoms with Gasteiger partial charge in [0, 0.05) is 6.20 Å². The molecular weight excluding hydrogens is 532 g/mol. The Hall–Kier alpha value is -0.270. The van der Waals surface area contributed by atoms with Crippen molar-refractivity contribution in [3.05, 3.63) is 22.7 Å². The minimum Gasteiger partial charge on any atom is -0.388 e. The van der Waals surface area contributed by atoms with Crippen LogP contribution in [0.15, 0.2) is 17.1 Å². The molecule has 1 fully saturated rings. The van der Waals surface area contributed by atoms with Crippen LogP contribution in [0.5, 0.6) is 0 Å². The van der Waals surface area contributed by atoms with Gasteiger partial charge in [-0.15, -0.1) is 11.6 Å². The van der Waals surface area contributed by atoms with E-state index in [2.05, 4.69) is 26.7 Å². The second-order valence-corrected chi connectivity index (χ2v) is 13.0. The number of phosphoric ester groups is 1. The highest BCUT2D eigenvalue weighted by Gasteiger charge is 2.57. The van der Waals surface area contributed by atoms with Gasteiger partial charge in [0.2, 0.25) is 0 Å². The van der Waals surface area contributed by atoms with Crippen molar-refractivity contribution in [2.24, 2.45) is 0 Å². The Kier molecular flexibility index (Phi) is 8.30. The number of phosphoric acid groups is 2. The molecule has 0 saturated carbocycles. The molecule has 1 aliphatic rings. The van der Waals surface area contributed by atoms with E-state index in [0.717, 1.165) is 10.8 Å². The summed E-state index contributed by atoms with van der Waals surface area (Å²) in [5, 5.41) is 10.3. The van der Waals surface area contributed by atoms with Gasteiger partial charge >= 0.3 is 21.3 Å². The first-order chi connectivity index (χ1) is 14.0. The van der Waals surface area contributed by atoms with Crippen LogP contribution in [0.1, 0.15) is 6.23 Å². The standard InChI is InChI=1S/C10H17ClFN3O12P4/c11-10(4-12)7(16)5(25-8(10)15-2-1-6(13)14-9(15)17)3-24-29(18,19)26-30(20,21)27-31(22,23)28/h1-2,5,7-8,16,22-23,28H,3-4H2,(H,18,19)(H,20,21)(H2,13,14,17)/t5-,7+,8-,10?/m1/s1. The van der Waals surface area contributed by atoms with Crippen LogP contribution in [0.4, 0.5) is 10.2 Å². The maximum Gasteiger partial charge on any atom is 0.488 e. The van der Waals surface area contributed by atoms with Crippen LogP contribution < -0.4 is 11.4 Å². The molecule has 6 atom stereocenters. The van der Waals surface area contributed by atoms with Gasteiger partial charge in [0.25, 0.3) is 7.23 Å². The van der Waals surface area contributed by atoms with Gasteiger partial charge in [-0.25, -0.2) is 22.6 Å². The molecular formula is C10H17ClFN3O12P4. The molecule has 0 aromatic carbocycles. The van der Waals surface area contributed by atoms with Crippen molar-refractivity contribution >= 4 is 48.8 Å². The summed E-state index contributed by atoms with van der Waals surface area (Å²) in [6.45, 7) is -2.48. The van der Waals surface area contributed by atoms with E-state index in [1.807, 2.05) is 0 Å². The zero-order valence-corrected chi connectivity index (χ0v) is 19.4. The Balaban J connectivity index is 2.17. The summed E-state index contributed by atoms with van der Waals surface area (Å²) in [7, 11) is -13.3. The summed E-state index contributed by atoms with van der Waals surface area (Å²) in [6.07, 6.45) is -4.14. The molecule has 0 aliphatic carbocycles. The van der Waals surface area contributed by atoms with E-state index < -0.39 is 65.2 Å².